The largest absolute Gasteiger partial charge is 0.392 e. The number of halogens is 1. The number of Topliss-reactive ketones (excluding diaryl/α,β-unsaturated/α-hetero) is 1. The van der Waals surface area contributed by atoms with Crippen molar-refractivity contribution in [1.82, 2.24) is 5.48 Å². The van der Waals surface area contributed by atoms with Crippen molar-refractivity contribution >= 4 is 33.6 Å². The lowest BCUT2D eigenvalue weighted by Gasteiger charge is -2.54. The van der Waals surface area contributed by atoms with Crippen LogP contribution in [0.5, 0.6) is 0 Å². The first-order valence-corrected chi connectivity index (χ1v) is 24.9. The van der Waals surface area contributed by atoms with Gasteiger partial charge in [0.2, 0.25) is 5.79 Å². The van der Waals surface area contributed by atoms with Crippen LogP contribution in [-0.2, 0) is 49.3 Å². The third-order valence-electron chi connectivity index (χ3n) is 16.0. The summed E-state index contributed by atoms with van der Waals surface area (Å²) in [5, 5.41) is 34.6. The Bertz CT molecular complexity index is 1830. The number of ketones is 1. The number of aliphatic hydroxyl groups is 3. The van der Waals surface area contributed by atoms with Crippen molar-refractivity contribution in [2.45, 2.75) is 205 Å². The van der Waals surface area contributed by atoms with Crippen molar-refractivity contribution in [2.24, 2.45) is 41.4 Å². The summed E-state index contributed by atoms with van der Waals surface area (Å²) in [4.78, 5) is 46.0. The van der Waals surface area contributed by atoms with Gasteiger partial charge in [-0.3, -0.25) is 9.59 Å². The van der Waals surface area contributed by atoms with E-state index >= 15 is 0 Å². The number of amides is 1. The molecule has 14 heteroatoms. The standard InChI is InChI=1S/C50H76BrNO12/c1-11-35(46(57)62-52-41(54)27-34-16-14-15-17-37(34)51)38-19-18-28(4)44(60-38)32(8)42(55)31(7)43(56)36(12-2)45-29(5)26-30(6)49(61-45)23-20-39(53)50(64-49)25-24-47(10,63-50)40-21-22-48(58,13-3)33(9)59-40/h14-17,20,23,28-33,35-36,38-40,42,44-45,53,55,58H,11-13,18-19,21-22,24-27H2,1-10H3,(H,52,54)/t28-,29-,30+,31-,32-,33-,35+,36-,38+,39+,40+,42+,44+,45-,47-,48+,49-,50-/m0/s1. The van der Waals surface area contributed by atoms with Gasteiger partial charge >= 0.3 is 5.97 Å². The van der Waals surface area contributed by atoms with Gasteiger partial charge < -0.3 is 43.8 Å². The summed E-state index contributed by atoms with van der Waals surface area (Å²) in [6, 6.07) is 7.35. The van der Waals surface area contributed by atoms with Crippen LogP contribution in [0, 0.1) is 41.4 Å². The van der Waals surface area contributed by atoms with Crippen LogP contribution < -0.4 is 5.48 Å². The number of hydrogen-bond acceptors (Lipinski definition) is 12. The highest BCUT2D eigenvalue weighted by molar-refractivity contribution is 9.10. The van der Waals surface area contributed by atoms with Gasteiger partial charge in [0.25, 0.3) is 5.91 Å². The molecular formula is C50H76BrNO12. The van der Waals surface area contributed by atoms with Gasteiger partial charge in [-0.15, -0.1) is 0 Å². The number of benzene rings is 1. The van der Waals surface area contributed by atoms with E-state index in [1.54, 1.807) is 19.1 Å². The Balaban J connectivity index is 1.10. The second-order valence-corrected chi connectivity index (χ2v) is 21.1. The van der Waals surface area contributed by atoms with Crippen LogP contribution in [0.25, 0.3) is 0 Å². The maximum Gasteiger partial charge on any atom is 0.337 e. The summed E-state index contributed by atoms with van der Waals surface area (Å²) in [5.74, 6) is -6.31. The van der Waals surface area contributed by atoms with E-state index < -0.39 is 88.8 Å². The number of carbonyl (C=O) groups excluding carboxylic acids is 3. The first-order chi connectivity index (χ1) is 30.2. The number of ether oxygens (including phenoxy) is 5. The molecule has 18 atom stereocenters. The molecule has 0 unspecified atom stereocenters. The smallest absolute Gasteiger partial charge is 0.337 e. The highest BCUT2D eigenvalue weighted by Crippen LogP contribution is 2.54. The molecule has 64 heavy (non-hydrogen) atoms. The van der Waals surface area contributed by atoms with E-state index in [0.717, 1.165) is 16.5 Å². The van der Waals surface area contributed by atoms with E-state index in [1.807, 2.05) is 65.8 Å². The van der Waals surface area contributed by atoms with E-state index in [1.165, 1.54) is 0 Å². The number of rotatable bonds is 14. The van der Waals surface area contributed by atoms with Crippen molar-refractivity contribution < 1.29 is 58.2 Å². The minimum Gasteiger partial charge on any atom is -0.392 e. The Hall–Kier alpha value is -2.27. The zero-order valence-electron chi connectivity index (χ0n) is 39.7. The van der Waals surface area contributed by atoms with Crippen LogP contribution in [0.15, 0.2) is 40.9 Å². The van der Waals surface area contributed by atoms with Crippen molar-refractivity contribution in [3.63, 3.8) is 0 Å². The summed E-state index contributed by atoms with van der Waals surface area (Å²) in [6.45, 7) is 19.6. The van der Waals surface area contributed by atoms with Gasteiger partial charge in [-0.25, -0.2) is 4.79 Å². The Morgan fingerprint density at radius 1 is 0.922 bits per heavy atom. The average Bonchev–Trinajstić information content (AvgIpc) is 3.62. The molecule has 5 heterocycles. The number of hydroxylamine groups is 1. The predicted molar refractivity (Wildman–Crippen MR) is 243 cm³/mol. The van der Waals surface area contributed by atoms with Crippen molar-refractivity contribution in [3.8, 4) is 0 Å². The minimum absolute atomic E-state index is 0.0153. The van der Waals surface area contributed by atoms with E-state index in [9.17, 15) is 29.7 Å². The average molecular weight is 963 g/mol. The van der Waals surface area contributed by atoms with E-state index in [-0.39, 0.29) is 42.2 Å². The lowest BCUT2D eigenvalue weighted by atomic mass is 9.72. The van der Waals surface area contributed by atoms with Gasteiger partial charge in [-0.05, 0) is 107 Å². The molecule has 360 valence electrons. The van der Waals surface area contributed by atoms with Gasteiger partial charge in [0, 0.05) is 34.6 Å². The molecule has 5 aliphatic heterocycles. The molecule has 1 aromatic carbocycles. The van der Waals surface area contributed by atoms with E-state index in [2.05, 4.69) is 42.2 Å². The van der Waals surface area contributed by atoms with E-state index in [4.69, 9.17) is 28.5 Å². The van der Waals surface area contributed by atoms with Gasteiger partial charge in [0.15, 0.2) is 5.79 Å². The third kappa shape index (κ3) is 10.3. The monoisotopic (exact) mass is 961 g/mol. The van der Waals surface area contributed by atoms with Gasteiger partial charge in [-0.1, -0.05) is 89.5 Å². The predicted octanol–water partition coefficient (Wildman–Crippen LogP) is 7.68. The highest BCUT2D eigenvalue weighted by Gasteiger charge is 2.63. The molecule has 5 aliphatic rings. The third-order valence-corrected chi connectivity index (χ3v) is 16.8. The molecule has 0 aliphatic carbocycles. The molecule has 6 rings (SSSR count). The SMILES string of the molecule is CC[C@@H](C(=O)[C@@H](C)[C@@H](O)[C@H](C)[C@@H]1O[C@@H]([C@@H](CC)C(=O)ONC(=O)Cc2ccccc2Br)CC[C@@H]1C)[C@H]1O[C@]2(C=C[C@@H](O)[C@]3(CC[C@@](C)([C@H]4CC[C@](O)(CC)[C@H](C)O4)O3)O2)[C@H](C)C[C@@H]1C. The molecule has 4 saturated heterocycles. The van der Waals surface area contributed by atoms with Crippen LogP contribution in [0.1, 0.15) is 139 Å². The van der Waals surface area contributed by atoms with Crippen LogP contribution >= 0.6 is 15.9 Å². The Kier molecular flexibility index (Phi) is 16.4. The molecule has 1 aromatic rings. The summed E-state index contributed by atoms with van der Waals surface area (Å²) in [7, 11) is 0. The topological polar surface area (TPSA) is 179 Å². The summed E-state index contributed by atoms with van der Waals surface area (Å²) in [5.41, 5.74) is 1.41. The van der Waals surface area contributed by atoms with Crippen LogP contribution in [0.2, 0.25) is 0 Å². The molecular weight excluding hydrogens is 886 g/mol. The summed E-state index contributed by atoms with van der Waals surface area (Å²) in [6.07, 6.45) is 5.02. The molecule has 13 nitrogen and oxygen atoms in total. The normalized spacial score (nSPS) is 40.1. The Labute approximate surface area is 389 Å². The lowest BCUT2D eigenvalue weighted by molar-refractivity contribution is -0.409. The Morgan fingerprint density at radius 2 is 1.62 bits per heavy atom. The maximum atomic E-state index is 14.7. The first kappa shape index (κ1) is 51.1. The molecule has 0 aromatic heterocycles. The molecule has 0 saturated carbocycles. The minimum atomic E-state index is -1.39. The fourth-order valence-electron chi connectivity index (χ4n) is 11.5. The second-order valence-electron chi connectivity index (χ2n) is 20.3. The van der Waals surface area contributed by atoms with Gasteiger partial charge in [0.05, 0.1) is 60.2 Å². The number of carbonyl (C=O) groups is 3. The molecule has 4 N–H and O–H groups in total. The second kappa shape index (κ2) is 20.5. The van der Waals surface area contributed by atoms with Crippen molar-refractivity contribution in [1.29, 1.82) is 0 Å². The maximum absolute atomic E-state index is 14.7. The number of nitrogens with one attached hydrogen (secondary N) is 1. The van der Waals surface area contributed by atoms with Gasteiger partial charge in [-0.2, -0.15) is 5.48 Å². The van der Waals surface area contributed by atoms with E-state index in [0.29, 0.717) is 57.8 Å². The molecule has 4 fully saturated rings. The fourth-order valence-corrected chi connectivity index (χ4v) is 11.9. The number of hydrogen-bond donors (Lipinski definition) is 4. The summed E-state index contributed by atoms with van der Waals surface area (Å²) < 4.78 is 34.7. The number of aliphatic hydroxyl groups excluding tert-OH is 2. The molecule has 0 bridgehead atoms. The van der Waals surface area contributed by atoms with Crippen molar-refractivity contribution in [2.75, 3.05) is 0 Å². The Morgan fingerprint density at radius 3 is 2.28 bits per heavy atom. The van der Waals surface area contributed by atoms with Crippen molar-refractivity contribution in [3.05, 3.63) is 46.5 Å². The zero-order chi connectivity index (χ0) is 46.9. The fraction of sp³-hybridized carbons (Fsp3) is 0.780. The van der Waals surface area contributed by atoms with Gasteiger partial charge in [0.1, 0.15) is 11.9 Å². The molecule has 2 spiro atoms. The highest BCUT2D eigenvalue weighted by atomic mass is 79.9. The molecule has 0 radical (unpaired) electrons. The first-order valence-electron chi connectivity index (χ1n) is 24.1. The van der Waals surface area contributed by atoms with Crippen LogP contribution in [-0.4, -0.2) is 98.5 Å². The quantitative estimate of drug-likeness (QED) is 0.106. The lowest BCUT2D eigenvalue weighted by Crippen LogP contribution is -2.63. The van der Waals surface area contributed by atoms with Crippen LogP contribution in [0.3, 0.4) is 0 Å². The van der Waals surface area contributed by atoms with Crippen LogP contribution in [0.4, 0.5) is 0 Å². The summed E-state index contributed by atoms with van der Waals surface area (Å²) >= 11 is 3.44. The molecule has 1 amide bonds. The zero-order valence-corrected chi connectivity index (χ0v) is 41.3.